The number of rotatable bonds is 3. The molecule has 98 valence electrons. The second-order valence-corrected chi connectivity index (χ2v) is 5.12. The van der Waals surface area contributed by atoms with E-state index in [2.05, 4.69) is 13.8 Å². The highest BCUT2D eigenvalue weighted by Crippen LogP contribution is 2.33. The van der Waals surface area contributed by atoms with E-state index >= 15 is 0 Å². The lowest BCUT2D eigenvalue weighted by Crippen LogP contribution is -2.30. The van der Waals surface area contributed by atoms with Gasteiger partial charge in [0.2, 0.25) is 0 Å². The van der Waals surface area contributed by atoms with Crippen molar-refractivity contribution in [3.05, 3.63) is 29.8 Å². The predicted molar refractivity (Wildman–Crippen MR) is 69.6 cm³/mol. The van der Waals surface area contributed by atoms with E-state index in [4.69, 9.17) is 5.11 Å². The summed E-state index contributed by atoms with van der Waals surface area (Å²) >= 11 is 0. The Balaban J connectivity index is 2.29. The Morgan fingerprint density at radius 2 is 2.06 bits per heavy atom. The molecule has 2 N–H and O–H groups in total. The largest absolute Gasteiger partial charge is 0.481 e. The third-order valence-electron chi connectivity index (χ3n) is 3.49. The molecule has 4 nitrogen and oxygen atoms in total. The van der Waals surface area contributed by atoms with Crippen LogP contribution in [0, 0.1) is 5.92 Å². The SMILES string of the molecule is CC(C)c1ccccc1N1C[C@@H](C(=O)O)C[C@H]1O. The average molecular weight is 249 g/mol. The molecule has 0 bridgehead atoms. The van der Waals surface area contributed by atoms with Crippen molar-refractivity contribution in [2.45, 2.75) is 32.4 Å². The van der Waals surface area contributed by atoms with Crippen LogP contribution >= 0.6 is 0 Å². The smallest absolute Gasteiger partial charge is 0.308 e. The van der Waals surface area contributed by atoms with Gasteiger partial charge in [0, 0.05) is 18.7 Å². The number of benzene rings is 1. The average Bonchev–Trinajstić information content (AvgIpc) is 2.71. The zero-order valence-corrected chi connectivity index (χ0v) is 10.7. The number of nitrogens with zero attached hydrogens (tertiary/aromatic N) is 1. The molecule has 2 rings (SSSR count). The van der Waals surface area contributed by atoms with Crippen molar-refractivity contribution in [1.82, 2.24) is 0 Å². The molecule has 1 fully saturated rings. The van der Waals surface area contributed by atoms with Gasteiger partial charge in [-0.15, -0.1) is 0 Å². The van der Waals surface area contributed by atoms with Gasteiger partial charge in [-0.3, -0.25) is 4.79 Å². The first-order valence-corrected chi connectivity index (χ1v) is 6.27. The summed E-state index contributed by atoms with van der Waals surface area (Å²) in [6, 6.07) is 7.86. The van der Waals surface area contributed by atoms with E-state index < -0.39 is 18.1 Å². The normalized spacial score (nSPS) is 23.7. The molecule has 0 radical (unpaired) electrons. The summed E-state index contributed by atoms with van der Waals surface area (Å²) in [5.74, 6) is -0.976. The minimum absolute atomic E-state index is 0.293. The number of aliphatic carboxylic acids is 1. The first kappa shape index (κ1) is 12.9. The number of carboxylic acid groups (broad SMARTS) is 1. The van der Waals surface area contributed by atoms with Crippen molar-refractivity contribution >= 4 is 11.7 Å². The van der Waals surface area contributed by atoms with Crippen LogP contribution in [0.2, 0.25) is 0 Å². The van der Waals surface area contributed by atoms with Crippen LogP contribution in [0.25, 0.3) is 0 Å². The van der Waals surface area contributed by atoms with E-state index in [1.165, 1.54) is 0 Å². The molecule has 18 heavy (non-hydrogen) atoms. The molecule has 1 aromatic carbocycles. The number of aliphatic hydroxyl groups excluding tert-OH is 1. The van der Waals surface area contributed by atoms with Crippen molar-refractivity contribution in [2.24, 2.45) is 5.92 Å². The summed E-state index contributed by atoms with van der Waals surface area (Å²) in [7, 11) is 0. The van der Waals surface area contributed by atoms with Crippen LogP contribution < -0.4 is 4.90 Å². The molecule has 0 unspecified atom stereocenters. The van der Waals surface area contributed by atoms with Crippen LogP contribution in [0.5, 0.6) is 0 Å². The molecule has 0 aliphatic carbocycles. The van der Waals surface area contributed by atoms with Crippen LogP contribution in [-0.4, -0.2) is 29.0 Å². The van der Waals surface area contributed by atoms with Gasteiger partial charge in [-0.05, 0) is 17.5 Å². The highest BCUT2D eigenvalue weighted by Gasteiger charge is 2.35. The van der Waals surface area contributed by atoms with E-state index in [1.54, 1.807) is 4.90 Å². The van der Waals surface area contributed by atoms with E-state index in [-0.39, 0.29) is 0 Å². The Hall–Kier alpha value is -1.55. The Labute approximate surface area is 107 Å². The minimum Gasteiger partial charge on any atom is -0.481 e. The van der Waals surface area contributed by atoms with Crippen molar-refractivity contribution < 1.29 is 15.0 Å². The molecule has 1 heterocycles. The van der Waals surface area contributed by atoms with Gasteiger partial charge in [-0.1, -0.05) is 32.0 Å². The molecule has 1 aliphatic heterocycles. The lowest BCUT2D eigenvalue weighted by atomic mass is 10.0. The maximum absolute atomic E-state index is 11.0. The number of anilines is 1. The van der Waals surface area contributed by atoms with E-state index in [1.807, 2.05) is 24.3 Å². The lowest BCUT2D eigenvalue weighted by Gasteiger charge is -2.26. The number of para-hydroxylation sites is 1. The first-order chi connectivity index (χ1) is 8.50. The number of hydrogen-bond donors (Lipinski definition) is 2. The lowest BCUT2D eigenvalue weighted by molar-refractivity contribution is -0.141. The monoisotopic (exact) mass is 249 g/mol. The van der Waals surface area contributed by atoms with Crippen molar-refractivity contribution in [2.75, 3.05) is 11.4 Å². The van der Waals surface area contributed by atoms with E-state index in [9.17, 15) is 9.90 Å². The van der Waals surface area contributed by atoms with Crippen LogP contribution in [0.3, 0.4) is 0 Å². The Bertz CT molecular complexity index is 444. The molecule has 4 heteroatoms. The van der Waals surface area contributed by atoms with E-state index in [0.29, 0.717) is 18.9 Å². The van der Waals surface area contributed by atoms with Gasteiger partial charge < -0.3 is 15.1 Å². The number of hydrogen-bond acceptors (Lipinski definition) is 3. The molecular weight excluding hydrogens is 230 g/mol. The van der Waals surface area contributed by atoms with Gasteiger partial charge in [0.05, 0.1) is 5.92 Å². The number of carbonyl (C=O) groups is 1. The molecular formula is C14H19NO3. The first-order valence-electron chi connectivity index (χ1n) is 6.27. The quantitative estimate of drug-likeness (QED) is 0.860. The van der Waals surface area contributed by atoms with E-state index in [0.717, 1.165) is 11.3 Å². The van der Waals surface area contributed by atoms with Gasteiger partial charge >= 0.3 is 5.97 Å². The van der Waals surface area contributed by atoms with Crippen molar-refractivity contribution in [1.29, 1.82) is 0 Å². The topological polar surface area (TPSA) is 60.8 Å². The standard InChI is InChI=1S/C14H19NO3/c1-9(2)11-5-3-4-6-12(11)15-8-10(14(17)18)7-13(15)16/h3-6,9-10,13,16H,7-8H2,1-2H3,(H,17,18)/t10-,13+/m0/s1. The van der Waals surface area contributed by atoms with Gasteiger partial charge in [0.25, 0.3) is 0 Å². The zero-order valence-electron chi connectivity index (χ0n) is 10.7. The summed E-state index contributed by atoms with van der Waals surface area (Å²) in [4.78, 5) is 12.8. The summed E-state index contributed by atoms with van der Waals surface area (Å²) in [6.45, 7) is 4.56. The fourth-order valence-electron chi connectivity index (χ4n) is 2.49. The molecule has 0 spiro atoms. The molecule has 1 aromatic rings. The minimum atomic E-state index is -0.835. The third-order valence-corrected chi connectivity index (χ3v) is 3.49. The Morgan fingerprint density at radius 1 is 1.39 bits per heavy atom. The van der Waals surface area contributed by atoms with Crippen molar-refractivity contribution in [3.8, 4) is 0 Å². The summed E-state index contributed by atoms with van der Waals surface area (Å²) in [6.07, 6.45) is -0.409. The Morgan fingerprint density at radius 3 is 2.61 bits per heavy atom. The maximum atomic E-state index is 11.0. The number of aliphatic hydroxyl groups is 1. The summed E-state index contributed by atoms with van der Waals surface area (Å²) in [5.41, 5.74) is 2.09. The molecule has 0 saturated carbocycles. The molecule has 0 amide bonds. The van der Waals surface area contributed by atoms with Gasteiger partial charge in [0.1, 0.15) is 6.23 Å². The Kier molecular flexibility index (Phi) is 3.57. The molecule has 1 saturated heterocycles. The second-order valence-electron chi connectivity index (χ2n) is 5.12. The highest BCUT2D eigenvalue weighted by atomic mass is 16.4. The van der Waals surface area contributed by atoms with Gasteiger partial charge in [-0.25, -0.2) is 0 Å². The van der Waals surface area contributed by atoms with Gasteiger partial charge in [0.15, 0.2) is 0 Å². The number of carboxylic acids is 1. The van der Waals surface area contributed by atoms with Crippen LogP contribution in [-0.2, 0) is 4.79 Å². The molecule has 1 aliphatic rings. The second kappa shape index (κ2) is 4.98. The van der Waals surface area contributed by atoms with Crippen LogP contribution in [0.15, 0.2) is 24.3 Å². The summed E-state index contributed by atoms with van der Waals surface area (Å²) in [5, 5.41) is 19.1. The third kappa shape index (κ3) is 2.34. The zero-order chi connectivity index (χ0) is 13.3. The van der Waals surface area contributed by atoms with Crippen molar-refractivity contribution in [3.63, 3.8) is 0 Å². The predicted octanol–water partition coefficient (Wildman–Crippen LogP) is 2.04. The molecule has 2 atom stereocenters. The fraction of sp³-hybridized carbons (Fsp3) is 0.500. The fourth-order valence-corrected chi connectivity index (χ4v) is 2.49. The van der Waals surface area contributed by atoms with Gasteiger partial charge in [-0.2, -0.15) is 0 Å². The van der Waals surface area contributed by atoms with Crippen LogP contribution in [0.1, 0.15) is 31.7 Å². The molecule has 0 aromatic heterocycles. The maximum Gasteiger partial charge on any atom is 0.308 e. The summed E-state index contributed by atoms with van der Waals surface area (Å²) < 4.78 is 0. The highest BCUT2D eigenvalue weighted by molar-refractivity contribution is 5.72. The van der Waals surface area contributed by atoms with Crippen LogP contribution in [0.4, 0.5) is 5.69 Å².